The Bertz CT molecular complexity index is 686. The SMILES string of the molecule is CC(C)Sc1ccc(C(C)NC(=O)c2cc(F)ccc2F)cc1. The summed E-state index contributed by atoms with van der Waals surface area (Å²) in [5, 5.41) is 3.18. The molecule has 0 aromatic heterocycles. The van der Waals surface area contributed by atoms with E-state index in [1.165, 1.54) is 0 Å². The van der Waals surface area contributed by atoms with Crippen molar-refractivity contribution in [2.45, 2.75) is 37.0 Å². The Labute approximate surface area is 139 Å². The fraction of sp³-hybridized carbons (Fsp3) is 0.278. The van der Waals surface area contributed by atoms with Crippen molar-refractivity contribution in [1.82, 2.24) is 5.32 Å². The molecule has 23 heavy (non-hydrogen) atoms. The first-order valence-corrected chi connectivity index (χ1v) is 8.27. The van der Waals surface area contributed by atoms with E-state index in [4.69, 9.17) is 0 Å². The summed E-state index contributed by atoms with van der Waals surface area (Å²) in [5.74, 6) is -2.01. The van der Waals surface area contributed by atoms with Crippen molar-refractivity contribution in [1.29, 1.82) is 0 Å². The summed E-state index contributed by atoms with van der Waals surface area (Å²) in [6, 6.07) is 10.4. The van der Waals surface area contributed by atoms with Gasteiger partial charge in [0, 0.05) is 10.1 Å². The van der Waals surface area contributed by atoms with Gasteiger partial charge in [-0.3, -0.25) is 4.79 Å². The average molecular weight is 335 g/mol. The van der Waals surface area contributed by atoms with Gasteiger partial charge in [-0.25, -0.2) is 8.78 Å². The van der Waals surface area contributed by atoms with Gasteiger partial charge in [-0.2, -0.15) is 0 Å². The molecule has 0 bridgehead atoms. The van der Waals surface area contributed by atoms with Gasteiger partial charge in [-0.1, -0.05) is 26.0 Å². The topological polar surface area (TPSA) is 29.1 Å². The monoisotopic (exact) mass is 335 g/mol. The number of carbonyl (C=O) groups is 1. The zero-order valence-corrected chi connectivity index (χ0v) is 14.1. The molecule has 0 saturated carbocycles. The van der Waals surface area contributed by atoms with E-state index in [9.17, 15) is 13.6 Å². The summed E-state index contributed by atoms with van der Waals surface area (Å²) < 4.78 is 26.8. The highest BCUT2D eigenvalue weighted by Gasteiger charge is 2.16. The van der Waals surface area contributed by atoms with E-state index in [1.54, 1.807) is 18.7 Å². The highest BCUT2D eigenvalue weighted by Crippen LogP contribution is 2.24. The van der Waals surface area contributed by atoms with Crippen molar-refractivity contribution >= 4 is 17.7 Å². The minimum atomic E-state index is -0.736. The van der Waals surface area contributed by atoms with Crippen molar-refractivity contribution in [2.75, 3.05) is 0 Å². The van der Waals surface area contributed by atoms with Gasteiger partial charge in [0.2, 0.25) is 0 Å². The average Bonchev–Trinajstić information content (AvgIpc) is 2.49. The number of amides is 1. The van der Waals surface area contributed by atoms with Gasteiger partial charge in [0.15, 0.2) is 0 Å². The predicted octanol–water partition coefficient (Wildman–Crippen LogP) is 4.96. The van der Waals surface area contributed by atoms with E-state index in [2.05, 4.69) is 19.2 Å². The van der Waals surface area contributed by atoms with Gasteiger partial charge in [-0.15, -0.1) is 11.8 Å². The molecule has 1 amide bonds. The molecule has 122 valence electrons. The van der Waals surface area contributed by atoms with E-state index < -0.39 is 17.5 Å². The molecule has 0 spiro atoms. The van der Waals surface area contributed by atoms with E-state index in [1.807, 2.05) is 24.3 Å². The van der Waals surface area contributed by atoms with E-state index in [0.29, 0.717) is 5.25 Å². The van der Waals surface area contributed by atoms with Crippen molar-refractivity contribution < 1.29 is 13.6 Å². The highest BCUT2D eigenvalue weighted by atomic mass is 32.2. The second-order valence-corrected chi connectivity index (χ2v) is 7.20. The molecule has 2 nitrogen and oxygen atoms in total. The first-order valence-electron chi connectivity index (χ1n) is 7.39. The molecule has 2 rings (SSSR count). The second-order valence-electron chi connectivity index (χ2n) is 5.55. The fourth-order valence-corrected chi connectivity index (χ4v) is 2.97. The Hall–Kier alpha value is -1.88. The van der Waals surface area contributed by atoms with Gasteiger partial charge in [0.1, 0.15) is 11.6 Å². The van der Waals surface area contributed by atoms with Crippen LogP contribution in [0.2, 0.25) is 0 Å². The fourth-order valence-electron chi connectivity index (χ4n) is 2.14. The minimum absolute atomic E-state index is 0.288. The number of hydrogen-bond acceptors (Lipinski definition) is 2. The Balaban J connectivity index is 2.07. The lowest BCUT2D eigenvalue weighted by Crippen LogP contribution is -2.27. The molecular weight excluding hydrogens is 316 g/mol. The van der Waals surface area contributed by atoms with Crippen molar-refractivity contribution in [2.24, 2.45) is 0 Å². The van der Waals surface area contributed by atoms with Crippen molar-refractivity contribution in [3.05, 3.63) is 65.2 Å². The van der Waals surface area contributed by atoms with Crippen LogP contribution >= 0.6 is 11.8 Å². The van der Waals surface area contributed by atoms with Crippen LogP contribution in [0.4, 0.5) is 8.78 Å². The molecule has 0 heterocycles. The van der Waals surface area contributed by atoms with Gasteiger partial charge in [-0.05, 0) is 42.8 Å². The standard InChI is InChI=1S/C18H19F2NOS/c1-11(2)23-15-7-4-13(5-8-15)12(3)21-18(22)16-10-14(19)6-9-17(16)20/h4-12H,1-3H3,(H,21,22). The largest absolute Gasteiger partial charge is 0.345 e. The Kier molecular flexibility index (Phi) is 5.77. The van der Waals surface area contributed by atoms with Crippen LogP contribution in [-0.4, -0.2) is 11.2 Å². The molecule has 0 aliphatic rings. The molecule has 0 aliphatic carbocycles. The summed E-state index contributed by atoms with van der Waals surface area (Å²) in [6.07, 6.45) is 0. The quantitative estimate of drug-likeness (QED) is 0.783. The maximum Gasteiger partial charge on any atom is 0.254 e. The Morgan fingerprint density at radius 1 is 1.04 bits per heavy atom. The van der Waals surface area contributed by atoms with Crippen molar-refractivity contribution in [3.63, 3.8) is 0 Å². The second kappa shape index (κ2) is 7.59. The third-order valence-electron chi connectivity index (χ3n) is 3.27. The molecule has 2 aromatic rings. The van der Waals surface area contributed by atoms with Crippen LogP contribution in [0.15, 0.2) is 47.4 Å². The van der Waals surface area contributed by atoms with Gasteiger partial charge < -0.3 is 5.32 Å². The zero-order valence-electron chi connectivity index (χ0n) is 13.3. The van der Waals surface area contributed by atoms with E-state index >= 15 is 0 Å². The lowest BCUT2D eigenvalue weighted by atomic mass is 10.1. The lowest BCUT2D eigenvalue weighted by molar-refractivity contribution is 0.0935. The van der Waals surface area contributed by atoms with Crippen LogP contribution in [0, 0.1) is 11.6 Å². The molecule has 0 radical (unpaired) electrons. The molecule has 2 aromatic carbocycles. The van der Waals surface area contributed by atoms with Gasteiger partial charge in [0.05, 0.1) is 11.6 Å². The maximum atomic E-state index is 13.6. The number of rotatable bonds is 5. The molecule has 1 atom stereocenters. The van der Waals surface area contributed by atoms with Crippen LogP contribution in [0.5, 0.6) is 0 Å². The number of halogens is 2. The number of thioether (sulfide) groups is 1. The van der Waals surface area contributed by atoms with Gasteiger partial charge >= 0.3 is 0 Å². The van der Waals surface area contributed by atoms with Gasteiger partial charge in [0.25, 0.3) is 5.91 Å². The normalized spacial score (nSPS) is 12.3. The number of hydrogen-bond donors (Lipinski definition) is 1. The molecule has 5 heteroatoms. The summed E-state index contributed by atoms with van der Waals surface area (Å²) in [6.45, 7) is 6.05. The summed E-state index contributed by atoms with van der Waals surface area (Å²) in [4.78, 5) is 13.2. The molecule has 1 unspecified atom stereocenters. The maximum absolute atomic E-state index is 13.6. The Morgan fingerprint density at radius 2 is 1.70 bits per heavy atom. The first-order chi connectivity index (χ1) is 10.9. The van der Waals surface area contributed by atoms with E-state index in [-0.39, 0.29) is 11.6 Å². The molecular formula is C18H19F2NOS. The lowest BCUT2D eigenvalue weighted by Gasteiger charge is -2.15. The van der Waals surface area contributed by atoms with Crippen LogP contribution in [0.25, 0.3) is 0 Å². The van der Waals surface area contributed by atoms with Crippen LogP contribution in [-0.2, 0) is 0 Å². The molecule has 0 saturated heterocycles. The number of benzene rings is 2. The highest BCUT2D eigenvalue weighted by molar-refractivity contribution is 7.99. The predicted molar refractivity (Wildman–Crippen MR) is 89.7 cm³/mol. The minimum Gasteiger partial charge on any atom is -0.345 e. The molecule has 0 aliphatic heterocycles. The summed E-state index contributed by atoms with van der Waals surface area (Å²) >= 11 is 1.75. The van der Waals surface area contributed by atoms with E-state index in [0.717, 1.165) is 28.7 Å². The third-order valence-corrected chi connectivity index (χ3v) is 4.29. The van der Waals surface area contributed by atoms with Crippen molar-refractivity contribution in [3.8, 4) is 0 Å². The smallest absolute Gasteiger partial charge is 0.254 e. The van der Waals surface area contributed by atoms with Crippen LogP contribution in [0.3, 0.4) is 0 Å². The zero-order chi connectivity index (χ0) is 17.0. The number of nitrogens with one attached hydrogen (secondary N) is 1. The summed E-state index contributed by atoms with van der Waals surface area (Å²) in [5.41, 5.74) is 0.618. The Morgan fingerprint density at radius 3 is 2.30 bits per heavy atom. The molecule has 1 N–H and O–H groups in total. The first kappa shape index (κ1) is 17.5. The van der Waals surface area contributed by atoms with Crippen LogP contribution in [0.1, 0.15) is 42.7 Å². The summed E-state index contributed by atoms with van der Waals surface area (Å²) in [7, 11) is 0. The molecule has 0 fully saturated rings. The van der Waals surface area contributed by atoms with Crippen LogP contribution < -0.4 is 5.32 Å². The third kappa shape index (κ3) is 4.79. The number of carbonyl (C=O) groups excluding carboxylic acids is 1.